The summed E-state index contributed by atoms with van der Waals surface area (Å²) in [5, 5.41) is 6.63. The van der Waals surface area contributed by atoms with E-state index >= 15 is 0 Å². The Balaban J connectivity index is 1.64. The first-order valence-corrected chi connectivity index (χ1v) is 9.05. The van der Waals surface area contributed by atoms with E-state index in [1.54, 1.807) is 0 Å². The summed E-state index contributed by atoms with van der Waals surface area (Å²) in [7, 11) is 0. The van der Waals surface area contributed by atoms with E-state index in [1.165, 1.54) is 6.20 Å². The fraction of sp³-hybridized carbons (Fsp3) is 0.706. The van der Waals surface area contributed by atoms with Crippen LogP contribution in [0.25, 0.3) is 0 Å². The Morgan fingerprint density at radius 1 is 1.28 bits per heavy atom. The Labute approximate surface area is 147 Å². The molecule has 2 heterocycles. The number of hydrogen-bond donors (Lipinski definition) is 3. The molecule has 1 saturated carbocycles. The molecule has 8 nitrogen and oxygen atoms in total. The number of nitrogens with two attached hydrogens (primary N) is 1. The van der Waals surface area contributed by atoms with Gasteiger partial charge in [0.25, 0.3) is 5.91 Å². The van der Waals surface area contributed by atoms with Crippen molar-refractivity contribution in [3.63, 3.8) is 0 Å². The van der Waals surface area contributed by atoms with Gasteiger partial charge < -0.3 is 25.8 Å². The molecule has 1 unspecified atom stereocenters. The summed E-state index contributed by atoms with van der Waals surface area (Å²) in [5.41, 5.74) is 5.75. The molecule has 0 bridgehead atoms. The number of hydrogen-bond acceptors (Lipinski definition) is 7. The maximum Gasteiger partial charge on any atom is 0.254 e. The van der Waals surface area contributed by atoms with Crippen molar-refractivity contribution < 1.29 is 14.3 Å². The highest BCUT2D eigenvalue weighted by Crippen LogP contribution is 2.24. The molecule has 1 atom stereocenters. The van der Waals surface area contributed by atoms with E-state index in [0.717, 1.165) is 38.7 Å². The lowest BCUT2D eigenvalue weighted by molar-refractivity contribution is 0.0346. The van der Waals surface area contributed by atoms with Gasteiger partial charge in [-0.2, -0.15) is 4.98 Å². The molecule has 1 saturated heterocycles. The molecule has 2 aliphatic rings. The number of nitrogens with zero attached hydrogens (tertiary/aromatic N) is 2. The predicted octanol–water partition coefficient (Wildman–Crippen LogP) is 1.54. The van der Waals surface area contributed by atoms with Crippen molar-refractivity contribution in [3.8, 4) is 0 Å². The zero-order valence-electron chi connectivity index (χ0n) is 14.7. The van der Waals surface area contributed by atoms with Crippen LogP contribution in [0.15, 0.2) is 6.20 Å². The monoisotopic (exact) mass is 349 g/mol. The van der Waals surface area contributed by atoms with E-state index in [1.807, 2.05) is 6.92 Å². The van der Waals surface area contributed by atoms with Crippen LogP contribution in [0.5, 0.6) is 0 Å². The molecule has 1 aromatic rings. The average Bonchev–Trinajstić information content (AvgIpc) is 3.10. The van der Waals surface area contributed by atoms with Crippen LogP contribution in [0.3, 0.4) is 0 Å². The molecule has 0 aromatic carbocycles. The van der Waals surface area contributed by atoms with Crippen molar-refractivity contribution in [2.24, 2.45) is 5.73 Å². The van der Waals surface area contributed by atoms with Gasteiger partial charge in [0.15, 0.2) is 0 Å². The maximum absolute atomic E-state index is 11.6. The SMILES string of the molecule is CCO[C@H]1CC[C@H](Nc2ncc(C(N)=O)c(NC3CCOC3)n2)CC1. The number of ether oxygens (including phenoxy) is 2. The fourth-order valence-electron chi connectivity index (χ4n) is 3.38. The zero-order chi connectivity index (χ0) is 17.6. The summed E-state index contributed by atoms with van der Waals surface area (Å²) in [6.07, 6.45) is 6.84. The molecule has 25 heavy (non-hydrogen) atoms. The van der Waals surface area contributed by atoms with Crippen LogP contribution < -0.4 is 16.4 Å². The second-order valence-electron chi connectivity index (χ2n) is 6.60. The highest BCUT2D eigenvalue weighted by atomic mass is 16.5. The van der Waals surface area contributed by atoms with Gasteiger partial charge >= 0.3 is 0 Å². The Bertz CT molecular complexity index is 584. The summed E-state index contributed by atoms with van der Waals surface area (Å²) in [6, 6.07) is 0.460. The lowest BCUT2D eigenvalue weighted by Crippen LogP contribution is -2.31. The quantitative estimate of drug-likeness (QED) is 0.684. The molecule has 8 heteroatoms. The van der Waals surface area contributed by atoms with Gasteiger partial charge in [-0.05, 0) is 39.0 Å². The lowest BCUT2D eigenvalue weighted by atomic mass is 9.93. The van der Waals surface area contributed by atoms with Crippen LogP contribution in [0.2, 0.25) is 0 Å². The molecule has 2 fully saturated rings. The predicted molar refractivity (Wildman–Crippen MR) is 94.7 cm³/mol. The Kier molecular flexibility index (Phi) is 6.04. The molecule has 0 spiro atoms. The molecule has 0 radical (unpaired) electrons. The van der Waals surface area contributed by atoms with Crippen LogP contribution >= 0.6 is 0 Å². The summed E-state index contributed by atoms with van der Waals surface area (Å²) in [6.45, 7) is 4.11. The van der Waals surface area contributed by atoms with E-state index in [2.05, 4.69) is 20.6 Å². The normalized spacial score (nSPS) is 26.4. The van der Waals surface area contributed by atoms with Crippen molar-refractivity contribution in [2.45, 2.75) is 57.2 Å². The third-order valence-corrected chi connectivity index (χ3v) is 4.73. The smallest absolute Gasteiger partial charge is 0.254 e. The topological polar surface area (TPSA) is 111 Å². The first kappa shape index (κ1) is 17.9. The minimum atomic E-state index is -0.537. The van der Waals surface area contributed by atoms with Crippen molar-refractivity contribution >= 4 is 17.7 Å². The number of aromatic nitrogens is 2. The van der Waals surface area contributed by atoms with E-state index in [-0.39, 0.29) is 6.04 Å². The number of carbonyl (C=O) groups excluding carboxylic acids is 1. The van der Waals surface area contributed by atoms with Crippen molar-refractivity contribution in [2.75, 3.05) is 30.5 Å². The Morgan fingerprint density at radius 2 is 2.08 bits per heavy atom. The highest BCUT2D eigenvalue weighted by molar-refractivity contribution is 5.97. The van der Waals surface area contributed by atoms with Gasteiger partial charge in [0, 0.05) is 25.5 Å². The van der Waals surface area contributed by atoms with E-state index in [9.17, 15) is 4.79 Å². The van der Waals surface area contributed by atoms with Gasteiger partial charge in [0.05, 0.1) is 24.3 Å². The second-order valence-corrected chi connectivity index (χ2v) is 6.60. The van der Waals surface area contributed by atoms with Crippen LogP contribution in [-0.2, 0) is 9.47 Å². The van der Waals surface area contributed by atoms with E-state index < -0.39 is 5.91 Å². The van der Waals surface area contributed by atoms with Gasteiger partial charge in [0.2, 0.25) is 5.95 Å². The standard InChI is InChI=1S/C17H27N5O3/c1-2-25-13-5-3-11(4-6-13)21-17-19-9-14(15(18)23)16(22-17)20-12-7-8-24-10-12/h9,11-13H,2-8,10H2,1H3,(H2,18,23)(H2,19,20,21,22)/t11-,12?,13-. The van der Waals surface area contributed by atoms with Crippen molar-refractivity contribution in [3.05, 3.63) is 11.8 Å². The largest absolute Gasteiger partial charge is 0.379 e. The molecule has 1 aliphatic carbocycles. The lowest BCUT2D eigenvalue weighted by Gasteiger charge is -2.29. The van der Waals surface area contributed by atoms with Gasteiger partial charge in [-0.25, -0.2) is 4.98 Å². The molecule has 4 N–H and O–H groups in total. The Morgan fingerprint density at radius 3 is 2.72 bits per heavy atom. The fourth-order valence-corrected chi connectivity index (χ4v) is 3.38. The zero-order valence-corrected chi connectivity index (χ0v) is 14.7. The van der Waals surface area contributed by atoms with Gasteiger partial charge in [0.1, 0.15) is 5.82 Å². The van der Waals surface area contributed by atoms with Crippen LogP contribution in [0, 0.1) is 0 Å². The molecule has 3 rings (SSSR count). The summed E-state index contributed by atoms with van der Waals surface area (Å²) >= 11 is 0. The summed E-state index contributed by atoms with van der Waals surface area (Å²) in [4.78, 5) is 20.4. The number of amides is 1. The Hall–Kier alpha value is -1.93. The second kappa shape index (κ2) is 8.44. The van der Waals surface area contributed by atoms with Gasteiger partial charge in [-0.3, -0.25) is 4.79 Å². The third kappa shape index (κ3) is 4.79. The average molecular weight is 349 g/mol. The third-order valence-electron chi connectivity index (χ3n) is 4.73. The van der Waals surface area contributed by atoms with Crippen LogP contribution in [0.4, 0.5) is 11.8 Å². The molecular formula is C17H27N5O3. The molecule has 1 aromatic heterocycles. The minimum Gasteiger partial charge on any atom is -0.379 e. The number of nitrogens with one attached hydrogen (secondary N) is 2. The van der Waals surface area contributed by atoms with E-state index in [4.69, 9.17) is 15.2 Å². The number of rotatable bonds is 7. The van der Waals surface area contributed by atoms with E-state index in [0.29, 0.717) is 42.7 Å². The molecule has 1 aliphatic heterocycles. The van der Waals surface area contributed by atoms with Gasteiger partial charge in [-0.15, -0.1) is 0 Å². The molecule has 138 valence electrons. The summed E-state index contributed by atoms with van der Waals surface area (Å²) in [5.74, 6) is 0.458. The number of carbonyl (C=O) groups is 1. The first-order valence-electron chi connectivity index (χ1n) is 9.05. The van der Waals surface area contributed by atoms with Crippen molar-refractivity contribution in [1.29, 1.82) is 0 Å². The van der Waals surface area contributed by atoms with Gasteiger partial charge in [-0.1, -0.05) is 0 Å². The maximum atomic E-state index is 11.6. The minimum absolute atomic E-state index is 0.141. The summed E-state index contributed by atoms with van der Waals surface area (Å²) < 4.78 is 11.0. The highest BCUT2D eigenvalue weighted by Gasteiger charge is 2.23. The number of primary amides is 1. The van der Waals surface area contributed by atoms with Crippen LogP contribution in [0.1, 0.15) is 49.4 Å². The molecular weight excluding hydrogens is 322 g/mol. The van der Waals surface area contributed by atoms with Crippen molar-refractivity contribution in [1.82, 2.24) is 9.97 Å². The molecule has 1 amide bonds. The van der Waals surface area contributed by atoms with Crippen LogP contribution in [-0.4, -0.2) is 53.9 Å². The number of anilines is 2. The first-order chi connectivity index (χ1) is 12.2.